The number of aliphatic hydroxyl groups is 1. The van der Waals surface area contributed by atoms with Gasteiger partial charge in [0.25, 0.3) is 0 Å². The van der Waals surface area contributed by atoms with Crippen LogP contribution in [0.5, 0.6) is 0 Å². The molecule has 0 radical (unpaired) electrons. The first kappa shape index (κ1) is 14.4. The molecule has 1 fully saturated rings. The van der Waals surface area contributed by atoms with Crippen molar-refractivity contribution >= 4 is 5.69 Å². The fourth-order valence-corrected chi connectivity index (χ4v) is 2.58. The van der Waals surface area contributed by atoms with Crippen LogP contribution in [0.2, 0.25) is 0 Å². The highest BCUT2D eigenvalue weighted by Gasteiger charge is 2.30. The lowest BCUT2D eigenvalue weighted by Gasteiger charge is -2.28. The molecule has 0 bridgehead atoms. The molecule has 1 saturated carbocycles. The Labute approximate surface area is 116 Å². The Balaban J connectivity index is 2.18. The zero-order valence-corrected chi connectivity index (χ0v) is 12.1. The molecule has 0 amide bonds. The fourth-order valence-electron chi connectivity index (χ4n) is 2.58. The van der Waals surface area contributed by atoms with E-state index in [0.717, 1.165) is 19.5 Å². The number of benzene rings is 1. The number of anilines is 1. The molecule has 1 aliphatic rings. The van der Waals surface area contributed by atoms with Crippen LogP contribution in [0.1, 0.15) is 44.7 Å². The smallest absolute Gasteiger partial charge is 0.0606 e. The van der Waals surface area contributed by atoms with Gasteiger partial charge in [-0.05, 0) is 44.4 Å². The van der Waals surface area contributed by atoms with Crippen molar-refractivity contribution in [2.24, 2.45) is 0 Å². The van der Waals surface area contributed by atoms with Gasteiger partial charge in [-0.1, -0.05) is 25.1 Å². The van der Waals surface area contributed by atoms with E-state index in [1.54, 1.807) is 0 Å². The van der Waals surface area contributed by atoms with Gasteiger partial charge in [0.15, 0.2) is 0 Å². The number of hydrogen-bond acceptors (Lipinski definition) is 3. The molecule has 1 atom stereocenters. The van der Waals surface area contributed by atoms with E-state index in [4.69, 9.17) is 0 Å². The Kier molecular flexibility index (Phi) is 5.23. The highest BCUT2D eigenvalue weighted by molar-refractivity contribution is 5.56. The maximum absolute atomic E-state index is 9.29. The summed E-state index contributed by atoms with van der Waals surface area (Å²) in [5, 5.41) is 12.8. The molecule has 0 heterocycles. The van der Waals surface area contributed by atoms with Crippen molar-refractivity contribution in [3.8, 4) is 0 Å². The van der Waals surface area contributed by atoms with E-state index < -0.39 is 0 Å². The summed E-state index contributed by atoms with van der Waals surface area (Å²) in [4.78, 5) is 2.37. The number of aliphatic hydroxyl groups excluding tert-OH is 1. The van der Waals surface area contributed by atoms with Crippen LogP contribution in [0.15, 0.2) is 24.3 Å². The Hall–Kier alpha value is -1.06. The van der Waals surface area contributed by atoms with Gasteiger partial charge in [0.05, 0.1) is 6.61 Å². The van der Waals surface area contributed by atoms with Crippen molar-refractivity contribution in [1.29, 1.82) is 0 Å². The standard InChI is InChI=1S/C16H26N2O/c1-3-10-17-13(2)15-6-4-5-7-16(15)18(11-12-19)14-8-9-14/h4-7,13-14,17,19H,3,8-12H2,1-2H3. The lowest BCUT2D eigenvalue weighted by molar-refractivity contribution is 0.301. The lowest BCUT2D eigenvalue weighted by Crippen LogP contribution is -2.31. The van der Waals surface area contributed by atoms with Crippen molar-refractivity contribution in [1.82, 2.24) is 5.32 Å². The average molecular weight is 262 g/mol. The summed E-state index contributed by atoms with van der Waals surface area (Å²) < 4.78 is 0. The van der Waals surface area contributed by atoms with E-state index in [9.17, 15) is 5.11 Å². The van der Waals surface area contributed by atoms with Crippen molar-refractivity contribution in [3.63, 3.8) is 0 Å². The predicted molar refractivity (Wildman–Crippen MR) is 80.6 cm³/mol. The molecular weight excluding hydrogens is 236 g/mol. The molecule has 0 aromatic heterocycles. The molecule has 2 N–H and O–H groups in total. The molecule has 1 aliphatic carbocycles. The summed E-state index contributed by atoms with van der Waals surface area (Å²) in [5.41, 5.74) is 2.63. The number of hydrogen-bond donors (Lipinski definition) is 2. The molecule has 1 aromatic rings. The van der Waals surface area contributed by atoms with E-state index in [-0.39, 0.29) is 6.61 Å². The summed E-state index contributed by atoms with van der Waals surface area (Å²) in [6.07, 6.45) is 3.66. The predicted octanol–water partition coefficient (Wildman–Crippen LogP) is 2.71. The Morgan fingerprint density at radius 1 is 1.37 bits per heavy atom. The van der Waals surface area contributed by atoms with Crippen LogP contribution in [0.25, 0.3) is 0 Å². The molecule has 0 saturated heterocycles. The van der Waals surface area contributed by atoms with E-state index in [1.807, 2.05) is 0 Å². The van der Waals surface area contributed by atoms with Gasteiger partial charge in [-0.25, -0.2) is 0 Å². The van der Waals surface area contributed by atoms with Crippen LogP contribution in [0.3, 0.4) is 0 Å². The third-order valence-electron chi connectivity index (χ3n) is 3.74. The highest BCUT2D eigenvalue weighted by Crippen LogP contribution is 2.35. The molecular formula is C16H26N2O. The second-order valence-electron chi connectivity index (χ2n) is 5.38. The molecule has 0 aliphatic heterocycles. The third-order valence-corrected chi connectivity index (χ3v) is 3.74. The van der Waals surface area contributed by atoms with Crippen LogP contribution in [0.4, 0.5) is 5.69 Å². The van der Waals surface area contributed by atoms with Gasteiger partial charge in [0.1, 0.15) is 0 Å². The van der Waals surface area contributed by atoms with Crippen molar-refractivity contribution in [2.45, 2.75) is 45.2 Å². The quantitative estimate of drug-likeness (QED) is 0.756. The minimum Gasteiger partial charge on any atom is -0.395 e. The van der Waals surface area contributed by atoms with Crippen LogP contribution in [-0.4, -0.2) is 30.8 Å². The van der Waals surface area contributed by atoms with E-state index in [1.165, 1.54) is 24.1 Å². The first-order valence-corrected chi connectivity index (χ1v) is 7.47. The molecule has 2 rings (SSSR count). The Morgan fingerprint density at radius 3 is 2.74 bits per heavy atom. The van der Waals surface area contributed by atoms with Gasteiger partial charge in [0, 0.05) is 24.3 Å². The van der Waals surface area contributed by atoms with Gasteiger partial charge in [0.2, 0.25) is 0 Å². The Morgan fingerprint density at radius 2 is 2.11 bits per heavy atom. The van der Waals surface area contributed by atoms with E-state index >= 15 is 0 Å². The van der Waals surface area contributed by atoms with Gasteiger partial charge in [-0.3, -0.25) is 0 Å². The van der Waals surface area contributed by atoms with Crippen molar-refractivity contribution < 1.29 is 5.11 Å². The molecule has 3 nitrogen and oxygen atoms in total. The first-order valence-electron chi connectivity index (χ1n) is 7.47. The van der Waals surface area contributed by atoms with Gasteiger partial charge in [-0.15, -0.1) is 0 Å². The molecule has 19 heavy (non-hydrogen) atoms. The monoisotopic (exact) mass is 262 g/mol. The maximum Gasteiger partial charge on any atom is 0.0606 e. The normalized spacial score (nSPS) is 16.4. The van der Waals surface area contributed by atoms with Crippen LogP contribution >= 0.6 is 0 Å². The van der Waals surface area contributed by atoms with Gasteiger partial charge >= 0.3 is 0 Å². The number of nitrogens with zero attached hydrogens (tertiary/aromatic N) is 1. The largest absolute Gasteiger partial charge is 0.395 e. The van der Waals surface area contributed by atoms with Crippen LogP contribution in [-0.2, 0) is 0 Å². The zero-order chi connectivity index (χ0) is 13.7. The maximum atomic E-state index is 9.29. The minimum absolute atomic E-state index is 0.224. The highest BCUT2D eigenvalue weighted by atomic mass is 16.3. The SMILES string of the molecule is CCCNC(C)c1ccccc1N(CCO)C1CC1. The number of nitrogens with one attached hydrogen (secondary N) is 1. The second-order valence-corrected chi connectivity index (χ2v) is 5.38. The Bertz CT molecular complexity index is 390. The van der Waals surface area contributed by atoms with Crippen molar-refractivity contribution in [2.75, 3.05) is 24.6 Å². The van der Waals surface area contributed by atoms with Gasteiger partial charge in [-0.2, -0.15) is 0 Å². The topological polar surface area (TPSA) is 35.5 Å². The first-order chi connectivity index (χ1) is 9.27. The van der Waals surface area contributed by atoms with Crippen LogP contribution < -0.4 is 10.2 Å². The summed E-state index contributed by atoms with van der Waals surface area (Å²) in [6, 6.07) is 9.58. The summed E-state index contributed by atoms with van der Waals surface area (Å²) in [5.74, 6) is 0. The third kappa shape index (κ3) is 3.71. The number of para-hydroxylation sites is 1. The molecule has 1 unspecified atom stereocenters. The van der Waals surface area contributed by atoms with Crippen LogP contribution in [0, 0.1) is 0 Å². The molecule has 0 spiro atoms. The summed E-state index contributed by atoms with van der Waals surface area (Å²) >= 11 is 0. The fraction of sp³-hybridized carbons (Fsp3) is 0.625. The summed E-state index contributed by atoms with van der Waals surface area (Å²) in [6.45, 7) is 6.41. The van der Waals surface area contributed by atoms with Gasteiger partial charge < -0.3 is 15.3 Å². The summed E-state index contributed by atoms with van der Waals surface area (Å²) in [7, 11) is 0. The van der Waals surface area contributed by atoms with E-state index in [2.05, 4.69) is 48.3 Å². The van der Waals surface area contributed by atoms with E-state index in [0.29, 0.717) is 12.1 Å². The molecule has 3 heteroatoms. The molecule has 1 aromatic carbocycles. The lowest BCUT2D eigenvalue weighted by atomic mass is 10.0. The zero-order valence-electron chi connectivity index (χ0n) is 12.1. The minimum atomic E-state index is 0.224. The number of rotatable bonds is 8. The average Bonchev–Trinajstić information content (AvgIpc) is 3.26. The van der Waals surface area contributed by atoms with Crippen molar-refractivity contribution in [3.05, 3.63) is 29.8 Å². The molecule has 106 valence electrons. The second kappa shape index (κ2) is 6.92.